The molecule has 6 nitrogen and oxygen atoms in total. The van der Waals surface area contributed by atoms with Gasteiger partial charge in [-0.3, -0.25) is 14.6 Å². The summed E-state index contributed by atoms with van der Waals surface area (Å²) in [5.74, 6) is -1.07. The molecule has 0 fully saturated rings. The number of hydrogen-bond donors (Lipinski definition) is 2. The molecule has 0 saturated carbocycles. The van der Waals surface area contributed by atoms with Crippen LogP contribution >= 0.6 is 57.9 Å². The summed E-state index contributed by atoms with van der Waals surface area (Å²) >= 11 is 19.3. The van der Waals surface area contributed by atoms with E-state index < -0.39 is 28.9 Å². The number of carbonyl (C=O) groups is 1. The van der Waals surface area contributed by atoms with Gasteiger partial charge in [-0.2, -0.15) is 13.2 Å². The number of hydrogen-bond acceptors (Lipinski definition) is 6. The van der Waals surface area contributed by atoms with Gasteiger partial charge >= 0.3 is 6.18 Å². The topological polar surface area (TPSA) is 87.7 Å². The molecule has 30 heavy (non-hydrogen) atoms. The summed E-state index contributed by atoms with van der Waals surface area (Å²) in [6, 6.07) is 4.47. The molecule has 158 valence electrons. The summed E-state index contributed by atoms with van der Waals surface area (Å²) in [5.41, 5.74) is -1.85. The van der Waals surface area contributed by atoms with Crippen LogP contribution < -0.4 is 10.9 Å². The molecule has 2 heterocycles. The molecule has 0 saturated heterocycles. The number of nitrogens with zero attached hydrogens (tertiary/aromatic N) is 2. The van der Waals surface area contributed by atoms with E-state index in [2.05, 4.69) is 20.5 Å². The van der Waals surface area contributed by atoms with Crippen LogP contribution in [0.25, 0.3) is 11.3 Å². The number of benzene rings is 1. The lowest BCUT2D eigenvalue weighted by Crippen LogP contribution is -2.19. The first kappa shape index (κ1) is 22.9. The van der Waals surface area contributed by atoms with Gasteiger partial charge in [0, 0.05) is 10.6 Å². The van der Waals surface area contributed by atoms with E-state index in [1.807, 2.05) is 0 Å². The number of aromatic amines is 1. The highest BCUT2D eigenvalue weighted by atomic mass is 35.5. The van der Waals surface area contributed by atoms with Crippen LogP contribution in [0.1, 0.15) is 5.56 Å². The maximum absolute atomic E-state index is 13.1. The highest BCUT2D eigenvalue weighted by Gasteiger charge is 2.34. The zero-order valence-corrected chi connectivity index (χ0v) is 18.2. The Labute approximate surface area is 189 Å². The maximum Gasteiger partial charge on any atom is 0.418 e. The summed E-state index contributed by atoms with van der Waals surface area (Å²) in [4.78, 5) is 26.7. The standard InChI is InChI=1S/C16H8Cl3F3N4O2S2/c17-6-1-2-9(8(3-6)16(20,21)22)23-11(27)5-29-15-24-14(28)12(25-26-15)7-4-10(18)30-13(7)19/h1-4H,5H2,(H,23,27)(H,24,26,28). The van der Waals surface area contributed by atoms with Crippen molar-refractivity contribution in [1.82, 2.24) is 15.2 Å². The molecule has 0 atom stereocenters. The molecule has 0 aliphatic carbocycles. The first-order valence-electron chi connectivity index (χ1n) is 7.76. The minimum Gasteiger partial charge on any atom is -0.325 e. The summed E-state index contributed by atoms with van der Waals surface area (Å²) in [7, 11) is 0. The Balaban J connectivity index is 1.69. The molecule has 0 bridgehead atoms. The van der Waals surface area contributed by atoms with Gasteiger partial charge in [-0.05, 0) is 24.3 Å². The Morgan fingerprint density at radius 1 is 1.20 bits per heavy atom. The Bertz CT molecular complexity index is 1170. The van der Waals surface area contributed by atoms with Gasteiger partial charge in [0.15, 0.2) is 10.9 Å². The van der Waals surface area contributed by atoms with Gasteiger partial charge in [0.25, 0.3) is 5.56 Å². The molecule has 2 N–H and O–H groups in total. The van der Waals surface area contributed by atoms with Crippen LogP contribution in [0, 0.1) is 0 Å². The first-order chi connectivity index (χ1) is 14.0. The third-order valence-electron chi connectivity index (χ3n) is 3.49. The average Bonchev–Trinajstić information content (AvgIpc) is 2.98. The number of halogens is 6. The Morgan fingerprint density at radius 3 is 2.53 bits per heavy atom. The minimum atomic E-state index is -4.70. The molecule has 1 aromatic carbocycles. The molecule has 3 rings (SSSR count). The fourth-order valence-corrected chi connectivity index (χ4v) is 4.49. The number of rotatable bonds is 5. The first-order valence-corrected chi connectivity index (χ1v) is 10.7. The Kier molecular flexibility index (Phi) is 6.98. The van der Waals surface area contributed by atoms with Gasteiger partial charge in [-0.1, -0.05) is 46.6 Å². The molecular weight excluding hydrogens is 508 g/mol. The number of carbonyl (C=O) groups excluding carboxylic acids is 1. The molecule has 1 amide bonds. The Morgan fingerprint density at radius 2 is 1.93 bits per heavy atom. The number of aromatic nitrogens is 3. The number of nitrogens with one attached hydrogen (secondary N) is 2. The van der Waals surface area contributed by atoms with E-state index >= 15 is 0 Å². The van der Waals surface area contributed by atoms with Crippen molar-refractivity contribution in [2.24, 2.45) is 0 Å². The smallest absolute Gasteiger partial charge is 0.325 e. The fraction of sp³-hybridized carbons (Fsp3) is 0.125. The van der Waals surface area contributed by atoms with Crippen molar-refractivity contribution in [3.8, 4) is 11.3 Å². The molecule has 2 aromatic heterocycles. The summed E-state index contributed by atoms with van der Waals surface area (Å²) in [5, 5.41) is 9.65. The van der Waals surface area contributed by atoms with Crippen molar-refractivity contribution in [3.63, 3.8) is 0 Å². The SMILES string of the molecule is O=C(CSc1nnc(-c2cc(Cl)sc2Cl)c(=O)[nH]1)Nc1ccc(Cl)cc1C(F)(F)F. The summed E-state index contributed by atoms with van der Waals surface area (Å²) in [6.07, 6.45) is -4.70. The number of anilines is 1. The van der Waals surface area contributed by atoms with Crippen molar-refractivity contribution in [2.45, 2.75) is 11.3 Å². The lowest BCUT2D eigenvalue weighted by atomic mass is 10.1. The normalized spacial score (nSPS) is 11.5. The van der Waals surface area contributed by atoms with Crippen LogP contribution in [0.4, 0.5) is 18.9 Å². The Hall–Kier alpha value is -1.79. The number of thioether (sulfide) groups is 1. The highest BCUT2D eigenvalue weighted by Crippen LogP contribution is 2.37. The number of thiophene rings is 1. The van der Waals surface area contributed by atoms with Crippen LogP contribution in [0.5, 0.6) is 0 Å². The molecule has 3 aromatic rings. The second-order valence-electron chi connectivity index (χ2n) is 5.57. The van der Waals surface area contributed by atoms with Gasteiger partial charge in [-0.25, -0.2) is 0 Å². The lowest BCUT2D eigenvalue weighted by Gasteiger charge is -2.14. The summed E-state index contributed by atoms with van der Waals surface area (Å²) in [6.45, 7) is 0. The molecule has 0 aliphatic heterocycles. The number of amides is 1. The van der Waals surface area contributed by atoms with E-state index in [0.29, 0.717) is 16.0 Å². The van der Waals surface area contributed by atoms with E-state index in [0.717, 1.165) is 29.2 Å². The van der Waals surface area contributed by atoms with Gasteiger partial charge in [0.2, 0.25) is 5.91 Å². The van der Waals surface area contributed by atoms with Gasteiger partial charge in [0.1, 0.15) is 4.34 Å². The van der Waals surface area contributed by atoms with Crippen molar-refractivity contribution < 1.29 is 18.0 Å². The van der Waals surface area contributed by atoms with Crippen molar-refractivity contribution in [2.75, 3.05) is 11.1 Å². The molecule has 0 unspecified atom stereocenters. The van der Waals surface area contributed by atoms with Crippen molar-refractivity contribution in [3.05, 3.63) is 53.9 Å². The molecule has 14 heteroatoms. The van der Waals surface area contributed by atoms with Crippen LogP contribution in [0.15, 0.2) is 34.2 Å². The van der Waals surface area contributed by atoms with E-state index in [1.165, 1.54) is 12.1 Å². The highest BCUT2D eigenvalue weighted by molar-refractivity contribution is 7.99. The number of H-pyrrole nitrogens is 1. The van der Waals surface area contributed by atoms with E-state index in [4.69, 9.17) is 34.8 Å². The van der Waals surface area contributed by atoms with Crippen LogP contribution in [-0.4, -0.2) is 26.8 Å². The molecular formula is C16H8Cl3F3N4O2S2. The quantitative estimate of drug-likeness (QED) is 0.432. The van der Waals surface area contributed by atoms with Crippen LogP contribution in [0.2, 0.25) is 13.7 Å². The number of alkyl halides is 3. The predicted molar refractivity (Wildman–Crippen MR) is 112 cm³/mol. The predicted octanol–water partition coefficient (Wildman–Crippen LogP) is 5.60. The zero-order chi connectivity index (χ0) is 22.1. The largest absolute Gasteiger partial charge is 0.418 e. The molecule has 0 spiro atoms. The van der Waals surface area contributed by atoms with E-state index in [-0.39, 0.29) is 26.0 Å². The fourth-order valence-electron chi connectivity index (χ4n) is 2.25. The van der Waals surface area contributed by atoms with Gasteiger partial charge in [-0.15, -0.1) is 21.5 Å². The third-order valence-corrected chi connectivity index (χ3v) is 6.08. The van der Waals surface area contributed by atoms with Crippen molar-refractivity contribution in [1.29, 1.82) is 0 Å². The average molecular weight is 516 g/mol. The van der Waals surface area contributed by atoms with Gasteiger partial charge in [0.05, 0.1) is 21.3 Å². The summed E-state index contributed by atoms with van der Waals surface area (Å²) < 4.78 is 39.9. The zero-order valence-electron chi connectivity index (χ0n) is 14.3. The van der Waals surface area contributed by atoms with E-state index in [1.54, 1.807) is 0 Å². The van der Waals surface area contributed by atoms with E-state index in [9.17, 15) is 22.8 Å². The maximum atomic E-state index is 13.1. The third kappa shape index (κ3) is 5.46. The second-order valence-corrected chi connectivity index (χ2v) is 9.26. The van der Waals surface area contributed by atoms with Crippen LogP contribution in [-0.2, 0) is 11.0 Å². The second kappa shape index (κ2) is 9.15. The lowest BCUT2D eigenvalue weighted by molar-refractivity contribution is -0.137. The minimum absolute atomic E-state index is 0.00324. The van der Waals surface area contributed by atoms with Crippen molar-refractivity contribution >= 4 is 69.5 Å². The molecule has 0 radical (unpaired) electrons. The molecule has 0 aliphatic rings. The van der Waals surface area contributed by atoms with Crippen LogP contribution in [0.3, 0.4) is 0 Å². The van der Waals surface area contributed by atoms with Gasteiger partial charge < -0.3 is 5.32 Å². The monoisotopic (exact) mass is 514 g/mol.